The van der Waals surface area contributed by atoms with Crippen molar-refractivity contribution in [1.82, 2.24) is 0 Å². The summed E-state index contributed by atoms with van der Waals surface area (Å²) in [4.78, 5) is 0. The van der Waals surface area contributed by atoms with Crippen molar-refractivity contribution in [3.05, 3.63) is 0 Å². The Morgan fingerprint density at radius 3 is 2.10 bits per heavy atom. The quantitative estimate of drug-likeness (QED) is 0.576. The molecule has 0 radical (unpaired) electrons. The second-order valence-corrected chi connectivity index (χ2v) is 5.00. The van der Waals surface area contributed by atoms with Crippen LogP contribution < -0.4 is 5.73 Å². The van der Waals surface area contributed by atoms with Crippen molar-refractivity contribution in [2.24, 2.45) is 5.73 Å². The van der Waals surface area contributed by atoms with Gasteiger partial charge in [0.25, 0.3) is 0 Å². The molecule has 0 saturated carbocycles. The molecule has 5 heteroatoms. The summed E-state index contributed by atoms with van der Waals surface area (Å²) >= 11 is 0. The predicted octanol–water partition coefficient (Wildman–Crippen LogP) is -0.0575. The standard InChI is InChI=1S/C5H11NO2S.ClH/c1-4-5(6)2-3-9(4,7)8;/h4-5H,2-3,6H2,1H3;1H. The molecule has 3 nitrogen and oxygen atoms in total. The average molecular weight is 186 g/mol. The molecule has 0 aliphatic carbocycles. The maximum absolute atomic E-state index is 10.9. The Kier molecular flexibility index (Phi) is 3.13. The molecule has 10 heavy (non-hydrogen) atoms. The lowest BCUT2D eigenvalue weighted by Crippen LogP contribution is -2.30. The first-order chi connectivity index (χ1) is 4.04. The summed E-state index contributed by atoms with van der Waals surface area (Å²) in [5, 5.41) is -0.322. The largest absolute Gasteiger partial charge is 0.327 e. The van der Waals surface area contributed by atoms with Gasteiger partial charge < -0.3 is 5.73 Å². The van der Waals surface area contributed by atoms with E-state index in [-0.39, 0.29) is 29.5 Å². The summed E-state index contributed by atoms with van der Waals surface area (Å²) in [5.74, 6) is 0.273. The molecule has 1 aliphatic rings. The molecule has 0 aromatic rings. The summed E-state index contributed by atoms with van der Waals surface area (Å²) < 4.78 is 21.8. The third-order valence-corrected chi connectivity index (χ3v) is 4.19. The Hall–Kier alpha value is 0.200. The van der Waals surface area contributed by atoms with E-state index in [4.69, 9.17) is 5.73 Å². The third kappa shape index (κ3) is 1.62. The number of hydrogen-bond acceptors (Lipinski definition) is 3. The molecule has 1 saturated heterocycles. The SMILES string of the molecule is CC1C(N)CCS1(=O)=O.Cl. The van der Waals surface area contributed by atoms with Gasteiger partial charge in [-0.25, -0.2) is 8.42 Å². The molecule has 0 amide bonds. The normalized spacial score (nSPS) is 37.0. The molecule has 2 unspecified atom stereocenters. The number of nitrogens with two attached hydrogens (primary N) is 1. The Balaban J connectivity index is 0.000000810. The molecule has 62 valence electrons. The molecule has 1 fully saturated rings. The van der Waals surface area contributed by atoms with E-state index >= 15 is 0 Å². The minimum Gasteiger partial charge on any atom is -0.327 e. The minimum absolute atomic E-state index is 0. The Morgan fingerprint density at radius 2 is 2.00 bits per heavy atom. The summed E-state index contributed by atoms with van der Waals surface area (Å²) in [6.07, 6.45) is 0.628. The van der Waals surface area contributed by atoms with Crippen LogP contribution in [0.1, 0.15) is 13.3 Å². The molecule has 1 aliphatic heterocycles. The van der Waals surface area contributed by atoms with Crippen molar-refractivity contribution in [3.8, 4) is 0 Å². The van der Waals surface area contributed by atoms with Crippen LogP contribution in [-0.2, 0) is 9.84 Å². The van der Waals surface area contributed by atoms with Crippen LogP contribution >= 0.6 is 12.4 Å². The van der Waals surface area contributed by atoms with E-state index in [2.05, 4.69) is 0 Å². The van der Waals surface area contributed by atoms with E-state index in [1.54, 1.807) is 6.92 Å². The fourth-order valence-electron chi connectivity index (χ4n) is 0.987. The molecular weight excluding hydrogens is 174 g/mol. The molecule has 1 rings (SSSR count). The maximum Gasteiger partial charge on any atom is 0.154 e. The van der Waals surface area contributed by atoms with Gasteiger partial charge in [0.05, 0.1) is 11.0 Å². The van der Waals surface area contributed by atoms with E-state index in [9.17, 15) is 8.42 Å². The van der Waals surface area contributed by atoms with Gasteiger partial charge in [-0.1, -0.05) is 0 Å². The predicted molar refractivity (Wildman–Crippen MR) is 43.1 cm³/mol. The molecule has 0 spiro atoms. The summed E-state index contributed by atoms with van der Waals surface area (Å²) in [6.45, 7) is 1.67. The highest BCUT2D eigenvalue weighted by Gasteiger charge is 2.33. The van der Waals surface area contributed by atoms with Crippen LogP contribution in [-0.4, -0.2) is 25.5 Å². The van der Waals surface area contributed by atoms with Crippen LogP contribution in [0.25, 0.3) is 0 Å². The van der Waals surface area contributed by atoms with Crippen LogP contribution in [0.3, 0.4) is 0 Å². The molecule has 0 bridgehead atoms. The lowest BCUT2D eigenvalue weighted by atomic mass is 10.2. The number of rotatable bonds is 0. The van der Waals surface area contributed by atoms with Gasteiger partial charge in [-0.05, 0) is 13.3 Å². The number of hydrogen-bond donors (Lipinski definition) is 1. The van der Waals surface area contributed by atoms with Crippen LogP contribution in [0.2, 0.25) is 0 Å². The molecule has 1 heterocycles. The summed E-state index contributed by atoms with van der Waals surface area (Å²) in [7, 11) is -2.80. The van der Waals surface area contributed by atoms with Crippen LogP contribution in [0.4, 0.5) is 0 Å². The van der Waals surface area contributed by atoms with Gasteiger partial charge in [0.15, 0.2) is 9.84 Å². The average Bonchev–Trinajstić information content (AvgIpc) is 1.97. The maximum atomic E-state index is 10.9. The first kappa shape index (κ1) is 10.2. The smallest absolute Gasteiger partial charge is 0.154 e. The highest BCUT2D eigenvalue weighted by Crippen LogP contribution is 2.17. The van der Waals surface area contributed by atoms with E-state index < -0.39 is 9.84 Å². The van der Waals surface area contributed by atoms with E-state index in [0.29, 0.717) is 6.42 Å². The van der Waals surface area contributed by atoms with Gasteiger partial charge in [-0.2, -0.15) is 0 Å². The first-order valence-corrected chi connectivity index (χ1v) is 4.73. The van der Waals surface area contributed by atoms with Gasteiger partial charge in [0, 0.05) is 6.04 Å². The second kappa shape index (κ2) is 3.07. The zero-order valence-electron chi connectivity index (χ0n) is 5.78. The number of halogens is 1. The Labute approximate surface area is 67.3 Å². The van der Waals surface area contributed by atoms with Crippen molar-refractivity contribution < 1.29 is 8.42 Å². The molecular formula is C5H12ClNO2S. The Morgan fingerprint density at radius 1 is 1.50 bits per heavy atom. The highest BCUT2D eigenvalue weighted by molar-refractivity contribution is 7.92. The fourth-order valence-corrected chi connectivity index (χ4v) is 2.63. The fraction of sp³-hybridized carbons (Fsp3) is 1.00. The van der Waals surface area contributed by atoms with Crippen molar-refractivity contribution in [1.29, 1.82) is 0 Å². The van der Waals surface area contributed by atoms with Gasteiger partial charge in [0.2, 0.25) is 0 Å². The molecule has 0 aromatic carbocycles. The van der Waals surface area contributed by atoms with Gasteiger partial charge in [0.1, 0.15) is 0 Å². The van der Waals surface area contributed by atoms with Gasteiger partial charge >= 0.3 is 0 Å². The van der Waals surface area contributed by atoms with Crippen molar-refractivity contribution in [2.75, 3.05) is 5.75 Å². The first-order valence-electron chi connectivity index (χ1n) is 3.01. The highest BCUT2D eigenvalue weighted by atomic mass is 35.5. The van der Waals surface area contributed by atoms with E-state index in [1.165, 1.54) is 0 Å². The van der Waals surface area contributed by atoms with E-state index in [1.807, 2.05) is 0 Å². The molecule has 2 N–H and O–H groups in total. The Bertz CT molecular complexity index is 202. The number of sulfone groups is 1. The van der Waals surface area contributed by atoms with Crippen molar-refractivity contribution in [2.45, 2.75) is 24.6 Å². The second-order valence-electron chi connectivity index (χ2n) is 2.52. The topological polar surface area (TPSA) is 60.2 Å². The third-order valence-electron chi connectivity index (χ3n) is 1.91. The molecule has 0 aromatic heterocycles. The van der Waals surface area contributed by atoms with Gasteiger partial charge in [-0.15, -0.1) is 12.4 Å². The molecule has 2 atom stereocenters. The van der Waals surface area contributed by atoms with Crippen LogP contribution in [0.15, 0.2) is 0 Å². The van der Waals surface area contributed by atoms with Gasteiger partial charge in [-0.3, -0.25) is 0 Å². The van der Waals surface area contributed by atoms with Crippen molar-refractivity contribution in [3.63, 3.8) is 0 Å². The van der Waals surface area contributed by atoms with E-state index in [0.717, 1.165) is 0 Å². The minimum atomic E-state index is -2.80. The lowest BCUT2D eigenvalue weighted by molar-refractivity contribution is 0.586. The lowest BCUT2D eigenvalue weighted by Gasteiger charge is -2.05. The summed E-state index contributed by atoms with van der Waals surface area (Å²) in [5.41, 5.74) is 5.47. The summed E-state index contributed by atoms with van der Waals surface area (Å²) in [6, 6.07) is -0.130. The zero-order valence-corrected chi connectivity index (χ0v) is 7.41. The zero-order chi connectivity index (χ0) is 7.07. The monoisotopic (exact) mass is 185 g/mol. The van der Waals surface area contributed by atoms with Crippen molar-refractivity contribution >= 4 is 22.2 Å². The van der Waals surface area contributed by atoms with Crippen LogP contribution in [0.5, 0.6) is 0 Å². The van der Waals surface area contributed by atoms with Crippen LogP contribution in [0, 0.1) is 0 Å².